The predicted molar refractivity (Wildman–Crippen MR) is 107 cm³/mol. The van der Waals surface area contributed by atoms with Gasteiger partial charge >= 0.3 is 11.9 Å². The van der Waals surface area contributed by atoms with E-state index in [2.05, 4.69) is 0 Å². The van der Waals surface area contributed by atoms with E-state index in [9.17, 15) is 18.4 Å². The zero-order chi connectivity index (χ0) is 22.6. The van der Waals surface area contributed by atoms with E-state index in [-0.39, 0.29) is 30.8 Å². The predicted octanol–water partition coefficient (Wildman–Crippen LogP) is 6.02. The van der Waals surface area contributed by atoms with Gasteiger partial charge in [-0.1, -0.05) is 34.6 Å². The number of alkyl halides is 2. The zero-order valence-electron chi connectivity index (χ0n) is 19.4. The second-order valence-electron chi connectivity index (χ2n) is 9.81. The molecular weight excluding hydrogens is 366 g/mol. The SMILES string of the molecule is CCC(C)(CC(C)(C)C(=O)OCCC(C)(F)F)C(=O)OC(C)(C(C)C)C(C)C. The van der Waals surface area contributed by atoms with Crippen LogP contribution in [0.5, 0.6) is 0 Å². The Hall–Kier alpha value is -1.20. The molecule has 0 aliphatic rings. The summed E-state index contributed by atoms with van der Waals surface area (Å²) in [5.41, 5.74) is -2.51. The maximum absolute atomic E-state index is 13.1. The van der Waals surface area contributed by atoms with Gasteiger partial charge in [0.2, 0.25) is 5.92 Å². The average molecular weight is 407 g/mol. The average Bonchev–Trinajstić information content (AvgIpc) is 2.52. The van der Waals surface area contributed by atoms with Crippen LogP contribution < -0.4 is 0 Å². The normalized spacial score (nSPS) is 15.5. The van der Waals surface area contributed by atoms with Crippen molar-refractivity contribution in [2.24, 2.45) is 22.7 Å². The second-order valence-corrected chi connectivity index (χ2v) is 9.81. The molecule has 0 rings (SSSR count). The molecule has 0 aliphatic heterocycles. The minimum atomic E-state index is -2.88. The van der Waals surface area contributed by atoms with Gasteiger partial charge in [-0.05, 0) is 59.3 Å². The molecular formula is C22H40F2O4. The molecule has 0 fully saturated rings. The molecule has 0 aliphatic carbocycles. The molecule has 0 radical (unpaired) electrons. The van der Waals surface area contributed by atoms with Crippen molar-refractivity contribution in [1.29, 1.82) is 0 Å². The maximum Gasteiger partial charge on any atom is 0.312 e. The minimum absolute atomic E-state index is 0.131. The molecule has 0 aromatic rings. The molecule has 28 heavy (non-hydrogen) atoms. The van der Waals surface area contributed by atoms with E-state index >= 15 is 0 Å². The third-order valence-corrected chi connectivity index (χ3v) is 6.04. The van der Waals surface area contributed by atoms with E-state index in [0.29, 0.717) is 6.42 Å². The van der Waals surface area contributed by atoms with Crippen molar-refractivity contribution in [3.8, 4) is 0 Å². The number of rotatable bonds is 11. The lowest BCUT2D eigenvalue weighted by atomic mass is 9.72. The molecule has 0 amide bonds. The van der Waals surface area contributed by atoms with E-state index in [4.69, 9.17) is 9.47 Å². The van der Waals surface area contributed by atoms with Crippen LogP contribution in [-0.4, -0.2) is 30.1 Å². The molecule has 166 valence electrons. The summed E-state index contributed by atoms with van der Waals surface area (Å²) >= 11 is 0. The smallest absolute Gasteiger partial charge is 0.312 e. The van der Waals surface area contributed by atoms with E-state index < -0.39 is 34.7 Å². The lowest BCUT2D eigenvalue weighted by Gasteiger charge is -2.41. The molecule has 0 saturated carbocycles. The summed E-state index contributed by atoms with van der Waals surface area (Å²) in [7, 11) is 0. The molecule has 0 spiro atoms. The minimum Gasteiger partial charge on any atom is -0.465 e. The monoisotopic (exact) mass is 406 g/mol. The number of halogens is 2. The van der Waals surface area contributed by atoms with Crippen LogP contribution in [0.1, 0.15) is 88.5 Å². The van der Waals surface area contributed by atoms with Crippen molar-refractivity contribution in [1.82, 2.24) is 0 Å². The zero-order valence-corrected chi connectivity index (χ0v) is 19.4. The molecule has 0 heterocycles. The molecule has 4 nitrogen and oxygen atoms in total. The van der Waals surface area contributed by atoms with Gasteiger partial charge in [-0.15, -0.1) is 0 Å². The number of esters is 2. The summed E-state index contributed by atoms with van der Waals surface area (Å²) in [5.74, 6) is -3.55. The maximum atomic E-state index is 13.1. The first-order valence-corrected chi connectivity index (χ1v) is 10.2. The van der Waals surface area contributed by atoms with Crippen molar-refractivity contribution >= 4 is 11.9 Å². The van der Waals surface area contributed by atoms with E-state index in [1.165, 1.54) is 0 Å². The number of hydrogen-bond acceptors (Lipinski definition) is 4. The molecule has 0 N–H and O–H groups in total. The molecule has 0 bridgehead atoms. The Morgan fingerprint density at radius 3 is 1.71 bits per heavy atom. The van der Waals surface area contributed by atoms with Crippen LogP contribution in [0.15, 0.2) is 0 Å². The Labute approximate surface area is 169 Å². The summed E-state index contributed by atoms with van der Waals surface area (Å²) in [4.78, 5) is 25.5. The summed E-state index contributed by atoms with van der Waals surface area (Å²) in [6, 6.07) is 0. The van der Waals surface area contributed by atoms with Crippen LogP contribution in [-0.2, 0) is 19.1 Å². The Bertz CT molecular complexity index is 527. The number of carbonyl (C=O) groups excluding carboxylic acids is 2. The van der Waals surface area contributed by atoms with Gasteiger partial charge in [-0.2, -0.15) is 0 Å². The van der Waals surface area contributed by atoms with Crippen LogP contribution in [0, 0.1) is 22.7 Å². The molecule has 1 unspecified atom stereocenters. The Morgan fingerprint density at radius 2 is 1.36 bits per heavy atom. The lowest BCUT2D eigenvalue weighted by molar-refractivity contribution is -0.184. The van der Waals surface area contributed by atoms with Gasteiger partial charge in [0, 0.05) is 6.42 Å². The third-order valence-electron chi connectivity index (χ3n) is 6.04. The van der Waals surface area contributed by atoms with E-state index in [0.717, 1.165) is 6.92 Å². The van der Waals surface area contributed by atoms with Gasteiger partial charge in [-0.25, -0.2) is 8.78 Å². The van der Waals surface area contributed by atoms with Gasteiger partial charge in [0.15, 0.2) is 0 Å². The summed E-state index contributed by atoms with van der Waals surface area (Å²) < 4.78 is 36.9. The van der Waals surface area contributed by atoms with Crippen LogP contribution in [0.4, 0.5) is 8.78 Å². The van der Waals surface area contributed by atoms with Gasteiger partial charge in [0.25, 0.3) is 0 Å². The van der Waals surface area contributed by atoms with Crippen molar-refractivity contribution in [3.05, 3.63) is 0 Å². The number of hydrogen-bond donors (Lipinski definition) is 0. The van der Waals surface area contributed by atoms with Crippen LogP contribution >= 0.6 is 0 Å². The largest absolute Gasteiger partial charge is 0.465 e. The fourth-order valence-electron chi connectivity index (χ4n) is 3.13. The van der Waals surface area contributed by atoms with Crippen LogP contribution in [0.25, 0.3) is 0 Å². The van der Waals surface area contributed by atoms with Gasteiger partial charge < -0.3 is 9.47 Å². The summed E-state index contributed by atoms with van der Waals surface area (Å²) in [5, 5.41) is 0. The number of ether oxygens (including phenoxy) is 2. The molecule has 6 heteroatoms. The second kappa shape index (κ2) is 9.53. The summed E-state index contributed by atoms with van der Waals surface area (Å²) in [6.45, 7) is 17.4. The van der Waals surface area contributed by atoms with Gasteiger partial charge in [0.1, 0.15) is 5.60 Å². The Morgan fingerprint density at radius 1 is 0.893 bits per heavy atom. The fraction of sp³-hybridized carbons (Fsp3) is 0.909. The molecule has 1 atom stereocenters. The quantitative estimate of drug-likeness (QED) is 0.394. The fourth-order valence-corrected chi connectivity index (χ4v) is 3.13. The molecule has 0 aromatic heterocycles. The van der Waals surface area contributed by atoms with Gasteiger partial charge in [-0.3, -0.25) is 9.59 Å². The van der Waals surface area contributed by atoms with E-state index in [1.807, 2.05) is 41.5 Å². The highest BCUT2D eigenvalue weighted by molar-refractivity contribution is 5.80. The van der Waals surface area contributed by atoms with Crippen molar-refractivity contribution in [2.75, 3.05) is 6.61 Å². The highest BCUT2D eigenvalue weighted by Crippen LogP contribution is 2.41. The van der Waals surface area contributed by atoms with Gasteiger partial charge in [0.05, 0.1) is 17.4 Å². The van der Waals surface area contributed by atoms with Crippen molar-refractivity contribution < 1.29 is 27.8 Å². The molecule has 0 saturated heterocycles. The lowest BCUT2D eigenvalue weighted by Crippen LogP contribution is -2.47. The first-order chi connectivity index (χ1) is 12.4. The molecule has 0 aromatic carbocycles. The highest BCUT2D eigenvalue weighted by atomic mass is 19.3. The van der Waals surface area contributed by atoms with Crippen molar-refractivity contribution in [2.45, 2.75) is 100 Å². The summed E-state index contributed by atoms with van der Waals surface area (Å²) in [6.07, 6.45) is 0.174. The number of carbonyl (C=O) groups is 2. The van der Waals surface area contributed by atoms with Crippen LogP contribution in [0.2, 0.25) is 0 Å². The van der Waals surface area contributed by atoms with E-state index in [1.54, 1.807) is 20.8 Å². The standard InChI is InChI=1S/C22H40F2O4/c1-11-20(8,18(26)28-22(10,15(2)3)16(4)5)14-19(6,7)17(25)27-13-12-21(9,23)24/h15-16H,11-14H2,1-10H3. The van der Waals surface area contributed by atoms with Crippen molar-refractivity contribution in [3.63, 3.8) is 0 Å². The highest BCUT2D eigenvalue weighted by Gasteiger charge is 2.46. The first kappa shape index (κ1) is 26.8. The Kier molecular flexibility index (Phi) is 9.12. The topological polar surface area (TPSA) is 52.6 Å². The van der Waals surface area contributed by atoms with Crippen LogP contribution in [0.3, 0.4) is 0 Å². The third kappa shape index (κ3) is 7.32. The Balaban J connectivity index is 5.29. The first-order valence-electron chi connectivity index (χ1n) is 10.2.